The number of carbonyl (C=O) groups is 2. The van der Waals surface area contributed by atoms with E-state index in [1.807, 2.05) is 0 Å². The number of ketones is 1. The van der Waals surface area contributed by atoms with Crippen LogP contribution in [0.1, 0.15) is 23.7 Å². The normalized spacial score (nSPS) is 55.9. The van der Waals surface area contributed by atoms with E-state index in [4.69, 9.17) is 121 Å². The van der Waals surface area contributed by atoms with Gasteiger partial charge >= 0.3 is 5.97 Å². The lowest BCUT2D eigenvalue weighted by atomic mass is 9.41. The summed E-state index contributed by atoms with van der Waals surface area (Å²) in [6.07, 6.45) is 2.33. The Bertz CT molecular complexity index is 1200. The summed E-state index contributed by atoms with van der Waals surface area (Å²) in [4.78, 5) is 8.57. The topological polar surface area (TPSA) is 67.5 Å². The lowest BCUT2D eigenvalue weighted by Gasteiger charge is -2.81. The molecule has 1 heterocycles. The zero-order valence-corrected chi connectivity index (χ0v) is 25.4. The molecule has 0 saturated heterocycles. The Hall–Kier alpha value is 1.15. The number of alkyl halides is 10. The first kappa shape index (κ1) is 27.3. The van der Waals surface area contributed by atoms with Crippen LogP contribution in [0.15, 0.2) is 24.5 Å². The highest BCUT2D eigenvalue weighted by atomic mass is 35.5. The van der Waals surface area contributed by atoms with Crippen LogP contribution in [-0.2, 0) is 16.1 Å². The minimum atomic E-state index is -2.38. The molecule has 1 N–H and O–H groups in total. The van der Waals surface area contributed by atoms with Gasteiger partial charge in [0, 0.05) is 24.1 Å². The monoisotopic (exact) mass is 694 g/mol. The summed E-state index contributed by atoms with van der Waals surface area (Å²) in [6.45, 7) is 1.88. The number of ether oxygens (including phenoxy) is 1. The number of Topliss-reactive ketones (excluding diaryl/α,β-unsaturated/α-hetero) is 1. The molecule has 6 aliphatic rings. The maximum Gasteiger partial charge on any atom is 0.372 e. The minimum absolute atomic E-state index is 0.0525. The SMILES string of the molecule is CCOC(=O)C[n+]1ccc(C(=O)CC2(O)C3(Cl)C4(Cl)C5(Cl)C(Cl)(Cl)C6(Cl)C4(Cl)C2(Cl)C6(Cl)C53Cl)cc1. The molecule has 0 aliphatic heterocycles. The summed E-state index contributed by atoms with van der Waals surface area (Å²) in [5, 5.41) is 12.2. The van der Waals surface area contributed by atoms with Crippen molar-refractivity contribution in [1.82, 2.24) is 0 Å². The molecule has 7 rings (SSSR count). The number of hydrogen-bond donors (Lipinski definition) is 1. The van der Waals surface area contributed by atoms with Crippen LogP contribution >= 0.6 is 116 Å². The largest absolute Gasteiger partial charge is 0.461 e. The Kier molecular flexibility index (Phi) is 5.15. The third kappa shape index (κ3) is 1.75. The van der Waals surface area contributed by atoms with Crippen LogP contribution in [0.25, 0.3) is 0 Å². The number of rotatable bonds is 6. The lowest BCUT2D eigenvalue weighted by molar-refractivity contribution is -0.686. The highest BCUT2D eigenvalue weighted by Gasteiger charge is 3.32. The van der Waals surface area contributed by atoms with Gasteiger partial charge in [-0.05, 0) is 6.92 Å². The van der Waals surface area contributed by atoms with Crippen molar-refractivity contribution in [3.05, 3.63) is 30.1 Å². The molecule has 4 atom stereocenters. The summed E-state index contributed by atoms with van der Waals surface area (Å²) < 4.78 is 4.33. The van der Waals surface area contributed by atoms with E-state index < -0.39 is 67.1 Å². The molecule has 5 nitrogen and oxygen atoms in total. The van der Waals surface area contributed by atoms with Crippen molar-refractivity contribution in [2.45, 2.75) is 68.8 Å². The van der Waals surface area contributed by atoms with Crippen molar-refractivity contribution >= 4 is 128 Å². The molecule has 0 amide bonds. The quantitative estimate of drug-likeness (QED) is 0.199. The van der Waals surface area contributed by atoms with Crippen molar-refractivity contribution < 1.29 is 24.0 Å². The number of hydrogen-bond acceptors (Lipinski definition) is 4. The van der Waals surface area contributed by atoms with Gasteiger partial charge < -0.3 is 9.84 Å². The Labute approximate surface area is 255 Å². The fourth-order valence-electron chi connectivity index (χ4n) is 7.83. The third-order valence-electron chi connectivity index (χ3n) is 9.00. The van der Waals surface area contributed by atoms with Gasteiger partial charge in [-0.25, -0.2) is 4.79 Å². The lowest BCUT2D eigenvalue weighted by Crippen LogP contribution is -3.03. The fraction of sp³-hybridized carbons (Fsp3) is 0.667. The van der Waals surface area contributed by atoms with Crippen LogP contribution in [0.2, 0.25) is 0 Å². The second-order valence-electron chi connectivity index (χ2n) is 9.87. The van der Waals surface area contributed by atoms with Crippen molar-refractivity contribution in [2.24, 2.45) is 0 Å². The maximum atomic E-state index is 13.4. The Balaban J connectivity index is 1.41. The van der Waals surface area contributed by atoms with E-state index in [1.165, 1.54) is 29.1 Å². The van der Waals surface area contributed by atoms with Gasteiger partial charge in [0.25, 0.3) is 0 Å². The van der Waals surface area contributed by atoms with Crippen molar-refractivity contribution in [3.8, 4) is 0 Å². The van der Waals surface area contributed by atoms with Crippen LogP contribution in [-0.4, -0.2) is 72.4 Å². The average molecular weight is 699 g/mol. The Morgan fingerprint density at radius 2 is 1.19 bits per heavy atom. The van der Waals surface area contributed by atoms with Gasteiger partial charge in [0.05, 0.1) is 6.61 Å². The molecule has 1 aromatic rings. The van der Waals surface area contributed by atoms with Gasteiger partial charge in [-0.3, -0.25) is 4.79 Å². The molecule has 0 spiro atoms. The van der Waals surface area contributed by atoms with Crippen LogP contribution in [0.5, 0.6) is 0 Å². The van der Waals surface area contributed by atoms with Crippen molar-refractivity contribution in [3.63, 3.8) is 0 Å². The fourth-order valence-corrected chi connectivity index (χ4v) is 16.7. The summed E-state index contributed by atoms with van der Waals surface area (Å²) in [6, 6.07) is 2.91. The zero-order chi connectivity index (χ0) is 27.0. The standard InChI is InChI=1S/C21H14Cl10NO4/c1-2-36-11(34)8-32-5-3-9(4-6-32)10(33)7-12(35)13(22)15(24)17(26)14(12,23)18(27)16(13,25)19(15,28)21(30,31)20(17,18)29/h3-6,35H,2,7-8H2,1H3/q+1. The molecule has 6 aliphatic carbocycles. The molecule has 6 saturated carbocycles. The Morgan fingerprint density at radius 3 is 1.58 bits per heavy atom. The van der Waals surface area contributed by atoms with Gasteiger partial charge in [0.1, 0.15) is 44.6 Å². The summed E-state index contributed by atoms with van der Waals surface area (Å²) in [7, 11) is 0. The van der Waals surface area contributed by atoms with Crippen LogP contribution < -0.4 is 4.57 Å². The molecular weight excluding hydrogens is 685 g/mol. The van der Waals surface area contributed by atoms with Gasteiger partial charge in [0.2, 0.25) is 6.54 Å². The second-order valence-corrected chi connectivity index (χ2v) is 15.7. The molecule has 4 bridgehead atoms. The van der Waals surface area contributed by atoms with E-state index in [0.717, 1.165) is 0 Å². The first-order valence-corrected chi connectivity index (χ1v) is 14.4. The number of aliphatic hydroxyl groups is 1. The summed E-state index contributed by atoms with van der Waals surface area (Å²) in [5.74, 6) is -1.02. The number of pyridine rings is 1. The molecule has 36 heavy (non-hydrogen) atoms. The maximum absolute atomic E-state index is 13.4. The summed E-state index contributed by atoms with van der Waals surface area (Å²) >= 11 is 69.6. The van der Waals surface area contributed by atoms with Gasteiger partial charge in [-0.1, -0.05) is 23.2 Å². The van der Waals surface area contributed by atoms with E-state index in [-0.39, 0.29) is 18.7 Å². The molecule has 1 aromatic heterocycles. The van der Waals surface area contributed by atoms with E-state index in [0.29, 0.717) is 0 Å². The zero-order valence-electron chi connectivity index (χ0n) is 17.8. The number of carbonyl (C=O) groups excluding carboxylic acids is 2. The molecule has 0 radical (unpaired) electrons. The predicted molar refractivity (Wildman–Crippen MR) is 140 cm³/mol. The highest BCUT2D eigenvalue weighted by molar-refractivity contribution is 6.78. The third-order valence-corrected chi connectivity index (χ3v) is 18.3. The molecule has 0 aromatic carbocycles. The van der Waals surface area contributed by atoms with E-state index in [1.54, 1.807) is 6.92 Å². The van der Waals surface area contributed by atoms with Crippen LogP contribution in [0.4, 0.5) is 0 Å². The number of halogens is 10. The molecule has 15 heteroatoms. The smallest absolute Gasteiger partial charge is 0.372 e. The number of aromatic nitrogens is 1. The second kappa shape index (κ2) is 6.78. The first-order chi connectivity index (χ1) is 16.3. The number of nitrogens with zero attached hydrogens (tertiary/aromatic N) is 1. The van der Waals surface area contributed by atoms with Crippen molar-refractivity contribution in [1.29, 1.82) is 0 Å². The predicted octanol–water partition coefficient (Wildman–Crippen LogP) is 4.90. The molecule has 4 unspecified atom stereocenters. The van der Waals surface area contributed by atoms with Gasteiger partial charge in [0.15, 0.2) is 22.5 Å². The van der Waals surface area contributed by atoms with Crippen LogP contribution in [0, 0.1) is 0 Å². The Morgan fingerprint density at radius 1 is 0.778 bits per heavy atom. The molecule has 6 fully saturated rings. The van der Waals surface area contributed by atoms with Crippen molar-refractivity contribution in [2.75, 3.05) is 6.61 Å². The number of esters is 1. The van der Waals surface area contributed by atoms with Gasteiger partial charge in [-0.2, -0.15) is 4.57 Å². The molecular formula is C21H14Cl10NO4+. The minimum Gasteiger partial charge on any atom is -0.461 e. The van der Waals surface area contributed by atoms with Crippen LogP contribution in [0.3, 0.4) is 0 Å². The van der Waals surface area contributed by atoms with E-state index in [2.05, 4.69) is 0 Å². The van der Waals surface area contributed by atoms with E-state index >= 15 is 0 Å². The van der Waals surface area contributed by atoms with Gasteiger partial charge in [-0.15, -0.1) is 92.8 Å². The summed E-state index contributed by atoms with van der Waals surface area (Å²) in [5.41, 5.74) is -2.21. The average Bonchev–Trinajstić information content (AvgIpc) is 3.02. The van der Waals surface area contributed by atoms with E-state index in [9.17, 15) is 14.7 Å². The molecule has 196 valence electrons. The first-order valence-electron chi connectivity index (χ1n) is 10.6. The highest BCUT2D eigenvalue weighted by Crippen LogP contribution is 3.12.